The SMILES string of the molecule is CCn1cc(Nc2nc(O[C@H]3CNCC[C@H]3F)c3cc[nH]c3n2)cn1. The summed E-state index contributed by atoms with van der Waals surface area (Å²) in [4.78, 5) is 11.9. The lowest BCUT2D eigenvalue weighted by Crippen LogP contribution is -2.45. The van der Waals surface area contributed by atoms with Gasteiger partial charge in [-0.3, -0.25) is 4.68 Å². The monoisotopic (exact) mass is 345 g/mol. The third kappa shape index (κ3) is 3.27. The Bertz CT molecular complexity index is 861. The normalized spacial score (nSPS) is 20.7. The fourth-order valence-corrected chi connectivity index (χ4v) is 2.85. The Balaban J connectivity index is 1.62. The van der Waals surface area contributed by atoms with Crippen molar-refractivity contribution in [3.63, 3.8) is 0 Å². The first kappa shape index (κ1) is 15.8. The standard InChI is InChI=1S/C16H20FN7O/c1-2-24-9-10(7-20-24)21-16-22-14-11(3-6-19-14)15(23-16)25-13-8-18-5-4-12(13)17/h3,6-7,9,12-13,18H,2,4-5,8H2,1H3,(H2,19,21,22,23)/t12-,13+/m1/s1. The largest absolute Gasteiger partial charge is 0.469 e. The van der Waals surface area contributed by atoms with Gasteiger partial charge in [-0.25, -0.2) is 4.39 Å². The van der Waals surface area contributed by atoms with Crippen LogP contribution in [-0.4, -0.2) is 50.1 Å². The number of aromatic amines is 1. The summed E-state index contributed by atoms with van der Waals surface area (Å²) in [7, 11) is 0. The number of H-pyrrole nitrogens is 1. The van der Waals surface area contributed by atoms with Gasteiger partial charge in [-0.2, -0.15) is 15.1 Å². The third-order valence-corrected chi connectivity index (χ3v) is 4.20. The number of aromatic nitrogens is 5. The molecule has 0 saturated carbocycles. The molecule has 132 valence electrons. The van der Waals surface area contributed by atoms with Crippen LogP contribution >= 0.6 is 0 Å². The number of halogens is 1. The summed E-state index contributed by atoms with van der Waals surface area (Å²) < 4.78 is 21.8. The van der Waals surface area contributed by atoms with Crippen molar-refractivity contribution in [1.82, 2.24) is 30.0 Å². The van der Waals surface area contributed by atoms with Crippen molar-refractivity contribution in [3.05, 3.63) is 24.7 Å². The van der Waals surface area contributed by atoms with Crippen molar-refractivity contribution in [2.75, 3.05) is 18.4 Å². The van der Waals surface area contributed by atoms with Crippen LogP contribution in [0, 0.1) is 0 Å². The molecule has 0 spiro atoms. The minimum atomic E-state index is -1.01. The van der Waals surface area contributed by atoms with Gasteiger partial charge in [-0.15, -0.1) is 0 Å². The van der Waals surface area contributed by atoms with Gasteiger partial charge in [0.25, 0.3) is 0 Å². The zero-order valence-corrected chi connectivity index (χ0v) is 13.9. The molecule has 0 bridgehead atoms. The Morgan fingerprint density at radius 3 is 3.16 bits per heavy atom. The zero-order valence-electron chi connectivity index (χ0n) is 13.9. The Labute approximate surface area is 143 Å². The van der Waals surface area contributed by atoms with E-state index in [2.05, 4.69) is 30.7 Å². The molecule has 0 aliphatic carbocycles. The van der Waals surface area contributed by atoms with Gasteiger partial charge in [-0.1, -0.05) is 0 Å². The van der Waals surface area contributed by atoms with E-state index >= 15 is 0 Å². The van der Waals surface area contributed by atoms with E-state index in [9.17, 15) is 4.39 Å². The van der Waals surface area contributed by atoms with Gasteiger partial charge < -0.3 is 20.4 Å². The lowest BCUT2D eigenvalue weighted by atomic mass is 10.1. The lowest BCUT2D eigenvalue weighted by Gasteiger charge is -2.27. The van der Waals surface area contributed by atoms with Crippen molar-refractivity contribution in [3.8, 4) is 5.88 Å². The highest BCUT2D eigenvalue weighted by Gasteiger charge is 2.27. The van der Waals surface area contributed by atoms with E-state index in [0.29, 0.717) is 37.0 Å². The number of hydrogen-bond acceptors (Lipinski definition) is 6. The highest BCUT2D eigenvalue weighted by molar-refractivity contribution is 5.82. The van der Waals surface area contributed by atoms with E-state index < -0.39 is 12.3 Å². The van der Waals surface area contributed by atoms with Gasteiger partial charge in [0.2, 0.25) is 11.8 Å². The minimum Gasteiger partial charge on any atom is -0.469 e. The fourth-order valence-electron chi connectivity index (χ4n) is 2.85. The van der Waals surface area contributed by atoms with Gasteiger partial charge in [0.15, 0.2) is 0 Å². The number of alkyl halides is 1. The van der Waals surface area contributed by atoms with Crippen LogP contribution < -0.4 is 15.4 Å². The van der Waals surface area contributed by atoms with Crippen LogP contribution in [0.2, 0.25) is 0 Å². The van der Waals surface area contributed by atoms with Crippen LogP contribution in [0.1, 0.15) is 13.3 Å². The molecule has 1 aliphatic rings. The number of ether oxygens (including phenoxy) is 1. The number of fused-ring (bicyclic) bond motifs is 1. The summed E-state index contributed by atoms with van der Waals surface area (Å²) in [6.45, 7) is 3.91. The van der Waals surface area contributed by atoms with Gasteiger partial charge in [0, 0.05) is 25.5 Å². The fraction of sp³-hybridized carbons (Fsp3) is 0.438. The second-order valence-electron chi connectivity index (χ2n) is 5.97. The van der Waals surface area contributed by atoms with Crippen LogP contribution in [0.3, 0.4) is 0 Å². The van der Waals surface area contributed by atoms with Crippen molar-refractivity contribution in [2.24, 2.45) is 0 Å². The summed E-state index contributed by atoms with van der Waals surface area (Å²) in [5, 5.41) is 11.2. The van der Waals surface area contributed by atoms with Gasteiger partial charge >= 0.3 is 0 Å². The van der Waals surface area contributed by atoms with Crippen LogP contribution in [0.25, 0.3) is 11.0 Å². The molecule has 4 heterocycles. The number of nitrogens with zero attached hydrogens (tertiary/aromatic N) is 4. The molecule has 0 radical (unpaired) electrons. The smallest absolute Gasteiger partial charge is 0.232 e. The topological polar surface area (TPSA) is 92.7 Å². The van der Waals surface area contributed by atoms with Gasteiger partial charge in [0.05, 0.1) is 17.3 Å². The molecule has 1 saturated heterocycles. The average Bonchev–Trinajstić information content (AvgIpc) is 3.26. The minimum absolute atomic E-state index is 0.369. The van der Waals surface area contributed by atoms with Crippen molar-refractivity contribution in [2.45, 2.75) is 32.2 Å². The van der Waals surface area contributed by atoms with E-state index in [0.717, 1.165) is 17.6 Å². The summed E-state index contributed by atoms with van der Waals surface area (Å²) in [6, 6.07) is 1.83. The van der Waals surface area contributed by atoms with E-state index in [4.69, 9.17) is 4.74 Å². The number of rotatable bonds is 5. The predicted octanol–water partition coefficient (Wildman–Crippen LogP) is 2.00. The van der Waals surface area contributed by atoms with E-state index in [1.54, 1.807) is 17.1 Å². The summed E-state index contributed by atoms with van der Waals surface area (Å²) in [6.07, 6.45) is 4.20. The summed E-state index contributed by atoms with van der Waals surface area (Å²) >= 11 is 0. The van der Waals surface area contributed by atoms with Crippen molar-refractivity contribution < 1.29 is 9.13 Å². The quantitative estimate of drug-likeness (QED) is 0.655. The first-order valence-electron chi connectivity index (χ1n) is 8.39. The molecule has 0 amide bonds. The molecule has 9 heteroatoms. The van der Waals surface area contributed by atoms with Crippen LogP contribution in [0.5, 0.6) is 5.88 Å². The molecule has 3 aromatic heterocycles. The van der Waals surface area contributed by atoms with E-state index in [-0.39, 0.29) is 0 Å². The molecule has 0 aromatic carbocycles. The first-order chi connectivity index (χ1) is 12.2. The predicted molar refractivity (Wildman–Crippen MR) is 91.9 cm³/mol. The third-order valence-electron chi connectivity index (χ3n) is 4.20. The van der Waals surface area contributed by atoms with Crippen LogP contribution in [0.4, 0.5) is 16.0 Å². The molecule has 4 rings (SSSR count). The second kappa shape index (κ2) is 6.67. The van der Waals surface area contributed by atoms with E-state index in [1.165, 1.54) is 0 Å². The molecule has 1 fully saturated rings. The molecule has 25 heavy (non-hydrogen) atoms. The Kier molecular flexibility index (Phi) is 4.22. The molecule has 3 aromatic rings. The highest BCUT2D eigenvalue weighted by atomic mass is 19.1. The molecule has 3 N–H and O–H groups in total. The number of anilines is 2. The van der Waals surface area contributed by atoms with Gasteiger partial charge in [0.1, 0.15) is 17.9 Å². The Hall–Kier alpha value is -2.68. The Morgan fingerprint density at radius 1 is 1.44 bits per heavy atom. The lowest BCUT2D eigenvalue weighted by molar-refractivity contribution is 0.0722. The molecule has 2 atom stereocenters. The highest BCUT2D eigenvalue weighted by Crippen LogP contribution is 2.27. The van der Waals surface area contributed by atoms with Crippen molar-refractivity contribution in [1.29, 1.82) is 0 Å². The Morgan fingerprint density at radius 2 is 2.36 bits per heavy atom. The maximum absolute atomic E-state index is 14.1. The number of piperidine rings is 1. The van der Waals surface area contributed by atoms with E-state index in [1.807, 2.05) is 19.2 Å². The number of hydrogen-bond donors (Lipinski definition) is 3. The summed E-state index contributed by atoms with van der Waals surface area (Å²) in [5.41, 5.74) is 1.41. The zero-order chi connectivity index (χ0) is 17.2. The number of nitrogens with one attached hydrogen (secondary N) is 3. The van der Waals surface area contributed by atoms with Crippen LogP contribution in [0.15, 0.2) is 24.7 Å². The second-order valence-corrected chi connectivity index (χ2v) is 5.97. The molecule has 1 aliphatic heterocycles. The van der Waals surface area contributed by atoms with Gasteiger partial charge in [-0.05, 0) is 26.0 Å². The first-order valence-corrected chi connectivity index (χ1v) is 8.39. The molecular weight excluding hydrogens is 325 g/mol. The molecular formula is C16H20FN7O. The molecule has 0 unspecified atom stereocenters. The number of aryl methyl sites for hydroxylation is 1. The average molecular weight is 345 g/mol. The summed E-state index contributed by atoms with van der Waals surface area (Å²) in [5.74, 6) is 0.743. The van der Waals surface area contributed by atoms with Crippen LogP contribution in [-0.2, 0) is 6.54 Å². The molecule has 8 nitrogen and oxygen atoms in total. The maximum Gasteiger partial charge on any atom is 0.232 e. The maximum atomic E-state index is 14.1. The van der Waals surface area contributed by atoms with Crippen molar-refractivity contribution >= 4 is 22.7 Å².